The Balaban J connectivity index is 0.00000288. The number of aliphatic hydroxyl groups is 1. The first-order chi connectivity index (χ1) is 11.0. The normalized spacial score (nSPS) is 12.7. The third kappa shape index (κ3) is 7.05. The second-order valence-electron chi connectivity index (χ2n) is 7.01. The van der Waals surface area contributed by atoms with E-state index in [1.807, 2.05) is 30.3 Å². The molecule has 0 radical (unpaired) electrons. The second-order valence-corrected chi connectivity index (χ2v) is 7.01. The molecule has 24 heavy (non-hydrogen) atoms. The van der Waals surface area contributed by atoms with Gasteiger partial charge in [0.2, 0.25) is 0 Å². The number of benzene rings is 2. The fraction of sp³-hybridized carbons (Fsp3) is 0.474. The van der Waals surface area contributed by atoms with Crippen molar-refractivity contribution in [3.05, 3.63) is 42.5 Å². The molecule has 2 aromatic rings. The maximum Gasteiger partial charge on any atom is 0.127 e. The molecule has 134 valence electrons. The second kappa shape index (κ2) is 9.84. The van der Waals surface area contributed by atoms with Gasteiger partial charge in [0.05, 0.1) is 27.7 Å². The zero-order chi connectivity index (χ0) is 16.7. The topological polar surface area (TPSA) is 41.5 Å². The SMILES string of the molecule is C[N+](C)(C)CCCNCC(O)COc1cccc2ccccc12.[Cl-]. The maximum atomic E-state index is 10.1. The largest absolute Gasteiger partial charge is 1.00 e. The van der Waals surface area contributed by atoms with Crippen LogP contribution in [-0.2, 0) is 0 Å². The minimum atomic E-state index is -0.502. The fourth-order valence-corrected chi connectivity index (χ4v) is 2.51. The van der Waals surface area contributed by atoms with E-state index in [4.69, 9.17) is 4.74 Å². The average Bonchev–Trinajstić information content (AvgIpc) is 2.51. The molecule has 2 rings (SSSR count). The molecule has 0 aromatic heterocycles. The van der Waals surface area contributed by atoms with Gasteiger partial charge in [-0.2, -0.15) is 0 Å². The Kier molecular flexibility index (Phi) is 8.50. The van der Waals surface area contributed by atoms with Gasteiger partial charge in [0.1, 0.15) is 18.5 Å². The van der Waals surface area contributed by atoms with Crippen LogP contribution in [0.15, 0.2) is 42.5 Å². The predicted octanol–water partition coefficient (Wildman–Crippen LogP) is -0.731. The van der Waals surface area contributed by atoms with Gasteiger partial charge in [-0.25, -0.2) is 0 Å². The van der Waals surface area contributed by atoms with Crippen LogP contribution in [0.2, 0.25) is 0 Å². The van der Waals surface area contributed by atoms with Crippen LogP contribution in [0.4, 0.5) is 0 Å². The van der Waals surface area contributed by atoms with Crippen LogP contribution in [0.25, 0.3) is 10.8 Å². The van der Waals surface area contributed by atoms with Gasteiger partial charge in [0.15, 0.2) is 0 Å². The van der Waals surface area contributed by atoms with E-state index in [9.17, 15) is 5.11 Å². The Hall–Kier alpha value is -1.33. The average molecular weight is 353 g/mol. The number of nitrogens with one attached hydrogen (secondary N) is 1. The number of rotatable bonds is 9. The summed E-state index contributed by atoms with van der Waals surface area (Å²) in [5.41, 5.74) is 0. The molecule has 0 aliphatic carbocycles. The first kappa shape index (κ1) is 20.7. The maximum absolute atomic E-state index is 10.1. The van der Waals surface area contributed by atoms with E-state index in [1.165, 1.54) is 0 Å². The summed E-state index contributed by atoms with van der Waals surface area (Å²) >= 11 is 0. The van der Waals surface area contributed by atoms with E-state index in [2.05, 4.69) is 38.6 Å². The van der Waals surface area contributed by atoms with Crippen molar-refractivity contribution in [2.45, 2.75) is 12.5 Å². The third-order valence-corrected chi connectivity index (χ3v) is 3.74. The van der Waals surface area contributed by atoms with Gasteiger partial charge in [-0.05, 0) is 11.5 Å². The molecule has 0 saturated carbocycles. The summed E-state index contributed by atoms with van der Waals surface area (Å²) in [6.45, 7) is 2.90. The summed E-state index contributed by atoms with van der Waals surface area (Å²) in [7, 11) is 6.56. The summed E-state index contributed by atoms with van der Waals surface area (Å²) < 4.78 is 6.77. The standard InChI is InChI=1S/C19H29N2O2.ClH/c1-21(2,3)13-7-12-20-14-17(22)15-23-19-11-6-9-16-8-4-5-10-18(16)19;/h4-6,8-11,17,20,22H,7,12-15H2,1-3H3;1H/q+1;/p-1. The van der Waals surface area contributed by atoms with Crippen LogP contribution < -0.4 is 22.5 Å². The van der Waals surface area contributed by atoms with E-state index in [-0.39, 0.29) is 12.4 Å². The van der Waals surface area contributed by atoms with Crippen LogP contribution in [0.5, 0.6) is 5.75 Å². The molecule has 2 aromatic carbocycles. The minimum Gasteiger partial charge on any atom is -1.00 e. The van der Waals surface area contributed by atoms with Gasteiger partial charge in [0.25, 0.3) is 0 Å². The number of quaternary nitrogens is 1. The number of hydrogen-bond donors (Lipinski definition) is 2. The molecule has 0 bridgehead atoms. The van der Waals surface area contributed by atoms with Crippen molar-refractivity contribution in [3.8, 4) is 5.75 Å². The molecule has 2 N–H and O–H groups in total. The van der Waals surface area contributed by atoms with Crippen LogP contribution >= 0.6 is 0 Å². The molecule has 5 heteroatoms. The van der Waals surface area contributed by atoms with Gasteiger partial charge >= 0.3 is 0 Å². The van der Waals surface area contributed by atoms with Crippen LogP contribution in [-0.4, -0.2) is 63.1 Å². The van der Waals surface area contributed by atoms with Gasteiger partial charge < -0.3 is 32.1 Å². The van der Waals surface area contributed by atoms with Crippen molar-refractivity contribution in [3.63, 3.8) is 0 Å². The molecule has 0 saturated heterocycles. The van der Waals surface area contributed by atoms with Crippen molar-refractivity contribution in [1.82, 2.24) is 5.32 Å². The fourth-order valence-electron chi connectivity index (χ4n) is 2.51. The predicted molar refractivity (Wildman–Crippen MR) is 95.8 cm³/mol. The number of ether oxygens (including phenoxy) is 1. The molecule has 0 aliphatic heterocycles. The lowest BCUT2D eigenvalue weighted by molar-refractivity contribution is -0.870. The number of aliphatic hydroxyl groups excluding tert-OH is 1. The quantitative estimate of drug-likeness (QED) is 0.462. The summed E-state index contributed by atoms with van der Waals surface area (Å²) in [6, 6.07) is 14.1. The molecule has 0 aliphatic rings. The van der Waals surface area contributed by atoms with Gasteiger partial charge in [-0.1, -0.05) is 36.4 Å². The zero-order valence-electron chi connectivity index (χ0n) is 14.8. The highest BCUT2D eigenvalue weighted by molar-refractivity contribution is 5.88. The number of halogens is 1. The van der Waals surface area contributed by atoms with Crippen molar-refractivity contribution < 1.29 is 26.7 Å². The van der Waals surface area contributed by atoms with Crippen LogP contribution in [0.3, 0.4) is 0 Å². The Morgan fingerprint density at radius 2 is 1.79 bits per heavy atom. The highest BCUT2D eigenvalue weighted by Crippen LogP contribution is 2.25. The van der Waals surface area contributed by atoms with E-state index < -0.39 is 6.10 Å². The molecular weight excluding hydrogens is 324 g/mol. The Morgan fingerprint density at radius 1 is 1.08 bits per heavy atom. The highest BCUT2D eigenvalue weighted by Gasteiger charge is 2.08. The molecule has 1 unspecified atom stereocenters. The van der Waals surface area contributed by atoms with Gasteiger partial charge in [-0.3, -0.25) is 0 Å². The van der Waals surface area contributed by atoms with Gasteiger partial charge in [-0.15, -0.1) is 0 Å². The molecule has 4 nitrogen and oxygen atoms in total. The monoisotopic (exact) mass is 352 g/mol. The molecule has 0 fully saturated rings. The van der Waals surface area contributed by atoms with E-state index in [0.717, 1.165) is 40.5 Å². The van der Waals surface area contributed by atoms with Gasteiger partial charge in [0, 0.05) is 24.9 Å². The minimum absolute atomic E-state index is 0. The van der Waals surface area contributed by atoms with E-state index in [1.54, 1.807) is 0 Å². The lowest BCUT2D eigenvalue weighted by atomic mass is 10.1. The summed E-state index contributed by atoms with van der Waals surface area (Å²) in [5, 5.41) is 15.6. The first-order valence-electron chi connectivity index (χ1n) is 8.25. The Bertz CT molecular complexity index is 608. The number of nitrogens with zero attached hydrogens (tertiary/aromatic N) is 1. The van der Waals surface area contributed by atoms with Crippen molar-refractivity contribution in [2.24, 2.45) is 0 Å². The third-order valence-electron chi connectivity index (χ3n) is 3.74. The molecular formula is C19H29ClN2O2. The summed E-state index contributed by atoms with van der Waals surface area (Å²) in [5.74, 6) is 0.826. The zero-order valence-corrected chi connectivity index (χ0v) is 15.6. The summed E-state index contributed by atoms with van der Waals surface area (Å²) in [4.78, 5) is 0. The van der Waals surface area contributed by atoms with Crippen LogP contribution in [0, 0.1) is 0 Å². The Labute approximate surface area is 151 Å². The van der Waals surface area contributed by atoms with Crippen molar-refractivity contribution in [1.29, 1.82) is 0 Å². The lowest BCUT2D eigenvalue weighted by Gasteiger charge is -2.23. The lowest BCUT2D eigenvalue weighted by Crippen LogP contribution is -3.00. The molecule has 0 amide bonds. The van der Waals surface area contributed by atoms with Crippen LogP contribution in [0.1, 0.15) is 6.42 Å². The number of hydrogen-bond acceptors (Lipinski definition) is 3. The first-order valence-corrected chi connectivity index (χ1v) is 8.25. The van der Waals surface area contributed by atoms with E-state index >= 15 is 0 Å². The molecule has 0 heterocycles. The summed E-state index contributed by atoms with van der Waals surface area (Å²) in [6.07, 6.45) is 0.596. The van der Waals surface area contributed by atoms with Crippen molar-refractivity contribution in [2.75, 3.05) is 47.4 Å². The smallest absolute Gasteiger partial charge is 0.127 e. The van der Waals surface area contributed by atoms with E-state index in [0.29, 0.717) is 13.2 Å². The number of fused-ring (bicyclic) bond motifs is 1. The molecule has 0 spiro atoms. The Morgan fingerprint density at radius 3 is 2.54 bits per heavy atom. The van der Waals surface area contributed by atoms with Crippen molar-refractivity contribution >= 4 is 10.8 Å². The highest BCUT2D eigenvalue weighted by atomic mass is 35.5. The molecule has 1 atom stereocenters.